The summed E-state index contributed by atoms with van der Waals surface area (Å²) in [5.41, 5.74) is -1.25. The van der Waals surface area contributed by atoms with Crippen LogP contribution in [0.25, 0.3) is 0 Å². The summed E-state index contributed by atoms with van der Waals surface area (Å²) >= 11 is 0. The molecule has 0 radical (unpaired) electrons. The first kappa shape index (κ1) is 13.3. The first-order valence-electron chi connectivity index (χ1n) is 5.36. The van der Waals surface area contributed by atoms with Gasteiger partial charge in [0.15, 0.2) is 0 Å². The summed E-state index contributed by atoms with van der Waals surface area (Å²) in [6.45, 7) is 2.27. The number of carbonyl (C=O) groups excluding carboxylic acids is 1. The minimum Gasteiger partial charge on any atom is -0.480 e. The number of terminal acetylenes is 1. The summed E-state index contributed by atoms with van der Waals surface area (Å²) in [4.78, 5) is 22.8. The van der Waals surface area contributed by atoms with Crippen LogP contribution in [0.4, 0.5) is 4.79 Å². The molecule has 1 fully saturated rings. The van der Waals surface area contributed by atoms with Crippen molar-refractivity contribution in [1.82, 2.24) is 10.6 Å². The van der Waals surface area contributed by atoms with E-state index in [-0.39, 0.29) is 12.8 Å². The van der Waals surface area contributed by atoms with E-state index in [9.17, 15) is 14.7 Å². The van der Waals surface area contributed by atoms with Crippen LogP contribution in [0, 0.1) is 12.3 Å². The lowest BCUT2D eigenvalue weighted by molar-refractivity contribution is -0.148. The van der Waals surface area contributed by atoms with Crippen LogP contribution in [0.15, 0.2) is 0 Å². The van der Waals surface area contributed by atoms with Crippen molar-refractivity contribution in [2.24, 2.45) is 0 Å². The van der Waals surface area contributed by atoms with E-state index < -0.39 is 23.6 Å². The number of amides is 2. The van der Waals surface area contributed by atoms with Crippen molar-refractivity contribution in [1.29, 1.82) is 0 Å². The van der Waals surface area contributed by atoms with Crippen molar-refractivity contribution >= 4 is 12.0 Å². The highest BCUT2D eigenvalue weighted by molar-refractivity contribution is 5.86. The third-order valence-electron chi connectivity index (χ3n) is 2.71. The molecule has 3 N–H and O–H groups in total. The summed E-state index contributed by atoms with van der Waals surface area (Å²) < 4.78 is 5.09. The molecule has 0 spiro atoms. The van der Waals surface area contributed by atoms with Gasteiger partial charge in [-0.25, -0.2) is 9.59 Å². The van der Waals surface area contributed by atoms with Gasteiger partial charge in [0.1, 0.15) is 5.54 Å². The molecule has 6 nitrogen and oxygen atoms in total. The Balaban J connectivity index is 2.64. The molecule has 0 aromatic carbocycles. The molecule has 0 aromatic rings. The van der Waals surface area contributed by atoms with Crippen molar-refractivity contribution in [3.63, 3.8) is 0 Å². The minimum atomic E-state index is -1.25. The Morgan fingerprint density at radius 2 is 2.06 bits per heavy atom. The molecular formula is C11H16N2O4. The fourth-order valence-corrected chi connectivity index (χ4v) is 1.60. The molecule has 17 heavy (non-hydrogen) atoms. The topological polar surface area (TPSA) is 87.7 Å². The number of aliphatic carboxylic acids is 1. The number of nitrogens with one attached hydrogen (secondary N) is 2. The fourth-order valence-electron chi connectivity index (χ4n) is 1.60. The van der Waals surface area contributed by atoms with Crippen LogP contribution < -0.4 is 10.6 Å². The summed E-state index contributed by atoms with van der Waals surface area (Å²) in [6, 6.07) is -1.01. The lowest BCUT2D eigenvalue weighted by atomic mass is 9.90. The van der Waals surface area contributed by atoms with E-state index in [1.807, 2.05) is 0 Å². The van der Waals surface area contributed by atoms with Crippen LogP contribution >= 0.6 is 0 Å². The number of carbonyl (C=O) groups is 2. The number of carboxylic acids is 1. The molecule has 0 aliphatic carbocycles. The Kier molecular flexibility index (Phi) is 4.35. The zero-order valence-corrected chi connectivity index (χ0v) is 9.66. The van der Waals surface area contributed by atoms with E-state index in [0.717, 1.165) is 0 Å². The average Bonchev–Trinajstić information content (AvgIpc) is 2.29. The number of carboxylic acid groups (broad SMARTS) is 1. The predicted octanol–water partition coefficient (Wildman–Crippen LogP) is -0.0589. The zero-order chi connectivity index (χ0) is 12.9. The lowest BCUT2D eigenvalue weighted by Gasteiger charge is -2.33. The van der Waals surface area contributed by atoms with Gasteiger partial charge in [-0.05, 0) is 6.92 Å². The van der Waals surface area contributed by atoms with Crippen LogP contribution in [0.1, 0.15) is 19.8 Å². The molecule has 0 aromatic heterocycles. The monoisotopic (exact) mass is 240 g/mol. The summed E-state index contributed by atoms with van der Waals surface area (Å²) in [5.74, 6) is 1.28. The molecular weight excluding hydrogens is 224 g/mol. The van der Waals surface area contributed by atoms with Gasteiger partial charge in [0.05, 0.1) is 6.04 Å². The molecule has 1 heterocycles. The van der Waals surface area contributed by atoms with Gasteiger partial charge in [0.25, 0.3) is 0 Å². The Labute approximate surface area is 99.7 Å². The second kappa shape index (κ2) is 5.55. The zero-order valence-electron chi connectivity index (χ0n) is 9.66. The summed E-state index contributed by atoms with van der Waals surface area (Å²) in [5, 5.41) is 14.1. The van der Waals surface area contributed by atoms with E-state index in [4.69, 9.17) is 11.2 Å². The number of hydrogen-bond donors (Lipinski definition) is 3. The van der Waals surface area contributed by atoms with Crippen LogP contribution in [-0.4, -0.2) is 41.9 Å². The van der Waals surface area contributed by atoms with Gasteiger partial charge in [0, 0.05) is 26.1 Å². The molecule has 6 heteroatoms. The number of rotatable bonds is 3. The third kappa shape index (κ3) is 3.36. The van der Waals surface area contributed by atoms with Crippen molar-refractivity contribution in [2.75, 3.05) is 13.2 Å². The molecule has 2 amide bonds. The second-order valence-electron chi connectivity index (χ2n) is 3.99. The van der Waals surface area contributed by atoms with E-state index in [1.54, 1.807) is 6.92 Å². The van der Waals surface area contributed by atoms with Gasteiger partial charge < -0.3 is 20.5 Å². The number of urea groups is 1. The molecule has 1 rings (SSSR count). The standard InChI is InChI=1S/C11H16N2O4/c1-3-8(2)12-10(16)13-11(9(14)15)4-6-17-7-5-11/h1,8H,4-7H2,2H3,(H,14,15)(H2,12,13,16). The van der Waals surface area contributed by atoms with Gasteiger partial charge in [-0.3, -0.25) is 0 Å². The average molecular weight is 240 g/mol. The maximum Gasteiger partial charge on any atom is 0.329 e. The molecule has 1 saturated heterocycles. The summed E-state index contributed by atoms with van der Waals surface area (Å²) in [6.07, 6.45) is 5.62. The van der Waals surface area contributed by atoms with Gasteiger partial charge in [-0.2, -0.15) is 0 Å². The van der Waals surface area contributed by atoms with Gasteiger partial charge in [-0.1, -0.05) is 5.92 Å². The largest absolute Gasteiger partial charge is 0.480 e. The Bertz CT molecular complexity index is 342. The van der Waals surface area contributed by atoms with E-state index in [0.29, 0.717) is 13.2 Å². The molecule has 1 aliphatic rings. The van der Waals surface area contributed by atoms with Crippen molar-refractivity contribution < 1.29 is 19.4 Å². The number of hydrogen-bond acceptors (Lipinski definition) is 3. The van der Waals surface area contributed by atoms with E-state index >= 15 is 0 Å². The minimum absolute atomic E-state index is 0.250. The first-order valence-corrected chi connectivity index (χ1v) is 5.36. The fraction of sp³-hybridized carbons (Fsp3) is 0.636. The molecule has 1 aliphatic heterocycles. The first-order chi connectivity index (χ1) is 8.00. The van der Waals surface area contributed by atoms with Crippen molar-refractivity contribution in [2.45, 2.75) is 31.3 Å². The van der Waals surface area contributed by atoms with Crippen LogP contribution in [-0.2, 0) is 9.53 Å². The highest BCUT2D eigenvalue weighted by Crippen LogP contribution is 2.20. The Morgan fingerprint density at radius 3 is 2.53 bits per heavy atom. The molecule has 0 bridgehead atoms. The normalized spacial score (nSPS) is 19.8. The Hall–Kier alpha value is -1.74. The van der Waals surface area contributed by atoms with E-state index in [1.165, 1.54) is 0 Å². The SMILES string of the molecule is C#CC(C)NC(=O)NC1(C(=O)O)CCOCC1. The van der Waals surface area contributed by atoms with Crippen LogP contribution in [0.2, 0.25) is 0 Å². The lowest BCUT2D eigenvalue weighted by Crippen LogP contribution is -2.60. The van der Waals surface area contributed by atoms with Gasteiger partial charge >= 0.3 is 12.0 Å². The smallest absolute Gasteiger partial charge is 0.329 e. The molecule has 1 atom stereocenters. The maximum absolute atomic E-state index is 11.6. The summed E-state index contributed by atoms with van der Waals surface area (Å²) in [7, 11) is 0. The highest BCUT2D eigenvalue weighted by Gasteiger charge is 2.41. The van der Waals surface area contributed by atoms with Crippen LogP contribution in [0.3, 0.4) is 0 Å². The van der Waals surface area contributed by atoms with E-state index in [2.05, 4.69) is 16.6 Å². The van der Waals surface area contributed by atoms with Gasteiger partial charge in [-0.15, -0.1) is 6.42 Å². The Morgan fingerprint density at radius 1 is 1.47 bits per heavy atom. The predicted molar refractivity (Wildman–Crippen MR) is 60.4 cm³/mol. The highest BCUT2D eigenvalue weighted by atomic mass is 16.5. The second-order valence-corrected chi connectivity index (χ2v) is 3.99. The maximum atomic E-state index is 11.6. The quantitative estimate of drug-likeness (QED) is 0.603. The van der Waals surface area contributed by atoms with Crippen molar-refractivity contribution in [3.8, 4) is 12.3 Å². The molecule has 1 unspecified atom stereocenters. The van der Waals surface area contributed by atoms with Crippen molar-refractivity contribution in [3.05, 3.63) is 0 Å². The molecule has 0 saturated carbocycles. The van der Waals surface area contributed by atoms with Crippen LogP contribution in [0.5, 0.6) is 0 Å². The van der Waals surface area contributed by atoms with Gasteiger partial charge in [0.2, 0.25) is 0 Å². The number of ether oxygens (including phenoxy) is 1. The third-order valence-corrected chi connectivity index (χ3v) is 2.71. The molecule has 94 valence electrons.